The van der Waals surface area contributed by atoms with E-state index in [0.29, 0.717) is 5.02 Å². The van der Waals surface area contributed by atoms with E-state index < -0.39 is 12.1 Å². The third kappa shape index (κ3) is 4.73. The van der Waals surface area contributed by atoms with Gasteiger partial charge in [-0.05, 0) is 17.7 Å². The predicted molar refractivity (Wildman–Crippen MR) is 66.6 cm³/mol. The Kier molecular flexibility index (Phi) is 5.61. The second-order valence-electron chi connectivity index (χ2n) is 3.67. The number of carbonyl (C=O) groups is 2. The van der Waals surface area contributed by atoms with E-state index in [-0.39, 0.29) is 18.9 Å². The van der Waals surface area contributed by atoms with Crippen molar-refractivity contribution in [2.24, 2.45) is 0 Å². The molecule has 0 heterocycles. The number of carboxylic acids is 1. The van der Waals surface area contributed by atoms with Gasteiger partial charge in [-0.2, -0.15) is 0 Å². The minimum absolute atomic E-state index is 0.0573. The SMILES string of the molecule is COC(CNC(=O)Cc1ccc(Cl)cc1)C(=O)O. The average Bonchev–Trinajstić information content (AvgIpc) is 2.32. The zero-order chi connectivity index (χ0) is 13.5. The normalized spacial score (nSPS) is 11.9. The highest BCUT2D eigenvalue weighted by atomic mass is 35.5. The van der Waals surface area contributed by atoms with Crippen LogP contribution in [0.15, 0.2) is 24.3 Å². The number of methoxy groups -OCH3 is 1. The molecule has 0 aliphatic heterocycles. The average molecular weight is 272 g/mol. The Balaban J connectivity index is 2.42. The molecule has 2 N–H and O–H groups in total. The molecule has 0 aliphatic carbocycles. The van der Waals surface area contributed by atoms with Gasteiger partial charge in [-0.3, -0.25) is 4.79 Å². The Labute approximate surface area is 110 Å². The van der Waals surface area contributed by atoms with Crippen LogP contribution in [-0.2, 0) is 20.7 Å². The summed E-state index contributed by atoms with van der Waals surface area (Å²) in [6, 6.07) is 6.87. The maximum absolute atomic E-state index is 11.5. The number of ether oxygens (including phenoxy) is 1. The van der Waals surface area contributed by atoms with Crippen molar-refractivity contribution in [3.8, 4) is 0 Å². The summed E-state index contributed by atoms with van der Waals surface area (Å²) in [6.07, 6.45) is -0.855. The van der Waals surface area contributed by atoms with Gasteiger partial charge < -0.3 is 15.2 Å². The fourth-order valence-corrected chi connectivity index (χ4v) is 1.45. The highest BCUT2D eigenvalue weighted by molar-refractivity contribution is 6.30. The van der Waals surface area contributed by atoms with Crippen LogP contribution in [-0.4, -0.2) is 36.7 Å². The van der Waals surface area contributed by atoms with Crippen molar-refractivity contribution in [2.75, 3.05) is 13.7 Å². The Hall–Kier alpha value is -1.59. The number of aliphatic carboxylic acids is 1. The second kappa shape index (κ2) is 6.98. The third-order valence-electron chi connectivity index (χ3n) is 2.32. The largest absolute Gasteiger partial charge is 0.479 e. The molecule has 5 nitrogen and oxygen atoms in total. The summed E-state index contributed by atoms with van der Waals surface area (Å²) < 4.78 is 4.70. The smallest absolute Gasteiger partial charge is 0.334 e. The summed E-state index contributed by atoms with van der Waals surface area (Å²) in [5.41, 5.74) is 0.807. The quantitative estimate of drug-likeness (QED) is 0.812. The van der Waals surface area contributed by atoms with Crippen molar-refractivity contribution < 1.29 is 19.4 Å². The van der Waals surface area contributed by atoms with Gasteiger partial charge in [0.2, 0.25) is 5.91 Å². The molecule has 0 radical (unpaired) electrons. The first-order valence-corrected chi connectivity index (χ1v) is 5.67. The first-order valence-electron chi connectivity index (χ1n) is 5.29. The van der Waals surface area contributed by atoms with Crippen LogP contribution in [0.1, 0.15) is 5.56 Å². The van der Waals surface area contributed by atoms with E-state index in [2.05, 4.69) is 5.32 Å². The number of halogens is 1. The Bertz CT molecular complexity index is 419. The second-order valence-corrected chi connectivity index (χ2v) is 4.11. The first-order chi connectivity index (χ1) is 8.52. The van der Waals surface area contributed by atoms with Gasteiger partial charge in [-0.25, -0.2) is 4.79 Å². The summed E-state index contributed by atoms with van der Waals surface area (Å²) in [4.78, 5) is 22.2. The summed E-state index contributed by atoms with van der Waals surface area (Å²) in [6.45, 7) is -0.0573. The number of hydrogen-bond donors (Lipinski definition) is 2. The number of carbonyl (C=O) groups excluding carboxylic acids is 1. The molecule has 1 aromatic rings. The van der Waals surface area contributed by atoms with E-state index in [4.69, 9.17) is 21.4 Å². The lowest BCUT2D eigenvalue weighted by atomic mass is 10.1. The van der Waals surface area contributed by atoms with E-state index in [1.54, 1.807) is 24.3 Å². The fraction of sp³-hybridized carbons (Fsp3) is 0.333. The lowest BCUT2D eigenvalue weighted by Gasteiger charge is -2.11. The van der Waals surface area contributed by atoms with E-state index in [0.717, 1.165) is 5.56 Å². The van der Waals surface area contributed by atoms with Gasteiger partial charge in [0, 0.05) is 12.1 Å². The molecule has 1 rings (SSSR count). The van der Waals surface area contributed by atoms with E-state index in [1.807, 2.05) is 0 Å². The van der Waals surface area contributed by atoms with Crippen LogP contribution in [0.3, 0.4) is 0 Å². The zero-order valence-electron chi connectivity index (χ0n) is 9.85. The molecule has 0 aromatic heterocycles. The van der Waals surface area contributed by atoms with Crippen LogP contribution in [0.25, 0.3) is 0 Å². The third-order valence-corrected chi connectivity index (χ3v) is 2.57. The summed E-state index contributed by atoms with van der Waals surface area (Å²) in [5, 5.41) is 11.8. The van der Waals surface area contributed by atoms with Crippen LogP contribution in [0, 0.1) is 0 Å². The van der Waals surface area contributed by atoms with Crippen LogP contribution in [0.4, 0.5) is 0 Å². The Morgan fingerprint density at radius 2 is 2.00 bits per heavy atom. The Morgan fingerprint density at radius 3 is 2.50 bits per heavy atom. The molecule has 0 bridgehead atoms. The molecule has 1 atom stereocenters. The van der Waals surface area contributed by atoms with Gasteiger partial charge in [0.1, 0.15) is 0 Å². The summed E-state index contributed by atoms with van der Waals surface area (Å²) in [5.74, 6) is -1.37. The molecule has 6 heteroatoms. The lowest BCUT2D eigenvalue weighted by molar-refractivity contribution is -0.148. The number of hydrogen-bond acceptors (Lipinski definition) is 3. The topological polar surface area (TPSA) is 75.6 Å². The minimum atomic E-state index is -1.11. The maximum atomic E-state index is 11.5. The van der Waals surface area contributed by atoms with Crippen molar-refractivity contribution in [2.45, 2.75) is 12.5 Å². The van der Waals surface area contributed by atoms with E-state index >= 15 is 0 Å². The van der Waals surface area contributed by atoms with E-state index in [1.165, 1.54) is 7.11 Å². The monoisotopic (exact) mass is 271 g/mol. The molecule has 1 aromatic carbocycles. The summed E-state index contributed by atoms with van der Waals surface area (Å²) in [7, 11) is 1.28. The molecule has 98 valence electrons. The molecule has 0 fully saturated rings. The van der Waals surface area contributed by atoms with Crippen molar-refractivity contribution in [3.63, 3.8) is 0 Å². The molecular weight excluding hydrogens is 258 g/mol. The molecule has 0 spiro atoms. The number of amides is 1. The van der Waals surface area contributed by atoms with E-state index in [9.17, 15) is 9.59 Å². The molecule has 18 heavy (non-hydrogen) atoms. The highest BCUT2D eigenvalue weighted by Crippen LogP contribution is 2.09. The molecular formula is C12H14ClNO4. The molecule has 0 saturated carbocycles. The fourth-order valence-electron chi connectivity index (χ4n) is 1.33. The number of nitrogens with one attached hydrogen (secondary N) is 1. The molecule has 0 saturated heterocycles. The van der Waals surface area contributed by atoms with Crippen LogP contribution >= 0.6 is 11.6 Å². The number of rotatable bonds is 6. The lowest BCUT2D eigenvalue weighted by Crippen LogP contribution is -2.38. The van der Waals surface area contributed by atoms with Crippen molar-refractivity contribution in [1.29, 1.82) is 0 Å². The molecule has 1 unspecified atom stereocenters. The Morgan fingerprint density at radius 1 is 1.39 bits per heavy atom. The number of carboxylic acid groups (broad SMARTS) is 1. The highest BCUT2D eigenvalue weighted by Gasteiger charge is 2.16. The zero-order valence-corrected chi connectivity index (χ0v) is 10.6. The summed E-state index contributed by atoms with van der Waals surface area (Å²) >= 11 is 5.72. The van der Waals surface area contributed by atoms with Crippen molar-refractivity contribution in [1.82, 2.24) is 5.32 Å². The molecule has 1 amide bonds. The van der Waals surface area contributed by atoms with Gasteiger partial charge in [-0.1, -0.05) is 23.7 Å². The van der Waals surface area contributed by atoms with Crippen LogP contribution < -0.4 is 5.32 Å². The molecule has 0 aliphatic rings. The van der Waals surface area contributed by atoms with Gasteiger partial charge in [0.05, 0.1) is 13.0 Å². The number of benzene rings is 1. The minimum Gasteiger partial charge on any atom is -0.479 e. The standard InChI is InChI=1S/C12H14ClNO4/c1-18-10(12(16)17)7-14-11(15)6-8-2-4-9(13)5-3-8/h2-5,10H,6-7H2,1H3,(H,14,15)(H,16,17). The van der Waals surface area contributed by atoms with Crippen LogP contribution in [0.5, 0.6) is 0 Å². The van der Waals surface area contributed by atoms with Crippen molar-refractivity contribution >= 4 is 23.5 Å². The first kappa shape index (κ1) is 14.5. The predicted octanol–water partition coefficient (Wildman–Crippen LogP) is 1.10. The van der Waals surface area contributed by atoms with Gasteiger partial charge in [0.15, 0.2) is 6.10 Å². The van der Waals surface area contributed by atoms with Gasteiger partial charge >= 0.3 is 5.97 Å². The van der Waals surface area contributed by atoms with Gasteiger partial charge in [-0.15, -0.1) is 0 Å². The maximum Gasteiger partial charge on any atom is 0.334 e. The van der Waals surface area contributed by atoms with Crippen molar-refractivity contribution in [3.05, 3.63) is 34.9 Å². The van der Waals surface area contributed by atoms with Gasteiger partial charge in [0.25, 0.3) is 0 Å². The van der Waals surface area contributed by atoms with Crippen LogP contribution in [0.2, 0.25) is 5.02 Å².